The average molecular weight is 531 g/mol. The summed E-state index contributed by atoms with van der Waals surface area (Å²) in [5, 5.41) is 2.58. The Morgan fingerprint density at radius 2 is 1.55 bits per heavy atom. The number of primary amides is 1. The Balaban J connectivity index is 1.44. The molecule has 0 radical (unpaired) electrons. The quantitative estimate of drug-likeness (QED) is 0.225. The van der Waals surface area contributed by atoms with Gasteiger partial charge in [-0.15, -0.1) is 0 Å². The molecule has 10 heteroatoms. The maximum absolute atomic E-state index is 13.1. The van der Waals surface area contributed by atoms with Crippen LogP contribution in [0.15, 0.2) is 78.9 Å². The van der Waals surface area contributed by atoms with Gasteiger partial charge in [-0.25, -0.2) is 4.39 Å². The zero-order valence-electron chi connectivity index (χ0n) is 20.1. The summed E-state index contributed by atoms with van der Waals surface area (Å²) in [6.45, 7) is 0. The van der Waals surface area contributed by atoms with Crippen molar-refractivity contribution in [1.82, 2.24) is 14.1 Å². The highest BCUT2D eigenvalue weighted by Gasteiger charge is 2.28. The molecular formula is C28H23FN4O4S. The molecule has 0 spiro atoms. The molecule has 8 nitrogen and oxygen atoms in total. The van der Waals surface area contributed by atoms with Gasteiger partial charge in [0.2, 0.25) is 5.78 Å². The highest BCUT2D eigenvalue weighted by Crippen LogP contribution is 2.23. The van der Waals surface area contributed by atoms with Gasteiger partial charge in [0.15, 0.2) is 11.5 Å². The van der Waals surface area contributed by atoms with Crippen molar-refractivity contribution < 1.29 is 23.6 Å². The lowest BCUT2D eigenvalue weighted by Gasteiger charge is -2.16. The van der Waals surface area contributed by atoms with E-state index in [0.717, 1.165) is 22.9 Å². The Bertz CT molecular complexity index is 1450. The molecule has 3 N–H and O–H groups in total. The van der Waals surface area contributed by atoms with Crippen molar-refractivity contribution in [3.63, 3.8) is 0 Å². The topological polar surface area (TPSA) is 132 Å². The molecule has 1 unspecified atom stereocenters. The first kappa shape index (κ1) is 26.5. The minimum absolute atomic E-state index is 0.0181. The summed E-state index contributed by atoms with van der Waals surface area (Å²) in [6.07, 6.45) is 0.829. The summed E-state index contributed by atoms with van der Waals surface area (Å²) in [7, 11) is 0. The largest absolute Gasteiger partial charge is 0.363 e. The van der Waals surface area contributed by atoms with E-state index in [1.807, 2.05) is 18.2 Å². The third-order valence-electron chi connectivity index (χ3n) is 5.89. The van der Waals surface area contributed by atoms with Crippen molar-refractivity contribution >= 4 is 35.1 Å². The molecule has 1 aromatic heterocycles. The molecular weight excluding hydrogens is 507 g/mol. The van der Waals surface area contributed by atoms with E-state index in [1.54, 1.807) is 36.4 Å². The number of aromatic nitrogens is 2. The Hall–Kier alpha value is -4.57. The fourth-order valence-electron chi connectivity index (χ4n) is 3.85. The summed E-state index contributed by atoms with van der Waals surface area (Å²) in [5.41, 5.74) is 8.26. The predicted molar refractivity (Wildman–Crippen MR) is 140 cm³/mol. The Kier molecular flexibility index (Phi) is 8.44. The molecule has 2 amide bonds. The van der Waals surface area contributed by atoms with Crippen molar-refractivity contribution in [1.29, 1.82) is 0 Å². The lowest BCUT2D eigenvalue weighted by molar-refractivity contribution is -0.137. The normalized spacial score (nSPS) is 11.5. The van der Waals surface area contributed by atoms with Crippen LogP contribution in [0.5, 0.6) is 0 Å². The highest BCUT2D eigenvalue weighted by molar-refractivity contribution is 6.99. The Labute approximate surface area is 222 Å². The first-order chi connectivity index (χ1) is 18.3. The van der Waals surface area contributed by atoms with Gasteiger partial charge in [0.25, 0.3) is 11.8 Å². The van der Waals surface area contributed by atoms with Crippen molar-refractivity contribution in [2.75, 3.05) is 0 Å². The van der Waals surface area contributed by atoms with Crippen LogP contribution in [0.1, 0.15) is 38.4 Å². The van der Waals surface area contributed by atoms with E-state index < -0.39 is 29.5 Å². The molecule has 3 aromatic carbocycles. The van der Waals surface area contributed by atoms with E-state index in [1.165, 1.54) is 24.3 Å². The second-order valence-corrected chi connectivity index (χ2v) is 9.06. The number of ketones is 2. The molecule has 0 saturated heterocycles. The van der Waals surface area contributed by atoms with Crippen molar-refractivity contribution in [2.24, 2.45) is 5.73 Å². The number of rotatable bonds is 11. The van der Waals surface area contributed by atoms with Gasteiger partial charge in [-0.2, -0.15) is 8.75 Å². The molecule has 1 atom stereocenters. The second kappa shape index (κ2) is 12.1. The minimum atomic E-state index is -1.15. The van der Waals surface area contributed by atoms with Gasteiger partial charge < -0.3 is 11.1 Å². The molecule has 0 aliphatic rings. The average Bonchev–Trinajstić information content (AvgIpc) is 3.42. The number of carbonyl (C=O) groups is 4. The fourth-order valence-corrected chi connectivity index (χ4v) is 4.42. The number of hydrogen-bond acceptors (Lipinski definition) is 7. The van der Waals surface area contributed by atoms with Gasteiger partial charge in [-0.1, -0.05) is 54.6 Å². The summed E-state index contributed by atoms with van der Waals surface area (Å²) in [4.78, 5) is 49.4. The van der Waals surface area contributed by atoms with Crippen LogP contribution in [0, 0.1) is 5.82 Å². The molecule has 0 bridgehead atoms. The third-order valence-corrected chi connectivity index (χ3v) is 6.41. The van der Waals surface area contributed by atoms with E-state index in [9.17, 15) is 23.6 Å². The maximum atomic E-state index is 13.1. The summed E-state index contributed by atoms with van der Waals surface area (Å²) in [6, 6.07) is 20.4. The lowest BCUT2D eigenvalue weighted by atomic mass is 10.0. The van der Waals surface area contributed by atoms with Gasteiger partial charge in [-0.05, 0) is 41.8 Å². The SMILES string of the molecule is NC(=O)C(=O)C(Cc1ccccc1)NC(=O)c1nsnc1-c1ccc(CCC(=O)c2ccc(F)cc2)cc1. The minimum Gasteiger partial charge on any atom is -0.363 e. The Morgan fingerprint density at radius 1 is 0.868 bits per heavy atom. The van der Waals surface area contributed by atoms with Crippen LogP contribution in [0.3, 0.4) is 0 Å². The van der Waals surface area contributed by atoms with Gasteiger partial charge in [0.1, 0.15) is 17.6 Å². The molecule has 4 aromatic rings. The van der Waals surface area contributed by atoms with E-state index >= 15 is 0 Å². The number of hydrogen-bond donors (Lipinski definition) is 2. The van der Waals surface area contributed by atoms with Crippen LogP contribution < -0.4 is 11.1 Å². The highest BCUT2D eigenvalue weighted by atomic mass is 32.1. The van der Waals surface area contributed by atoms with E-state index in [0.29, 0.717) is 23.2 Å². The van der Waals surface area contributed by atoms with E-state index in [4.69, 9.17) is 5.73 Å². The number of nitrogens with two attached hydrogens (primary N) is 1. The van der Waals surface area contributed by atoms with Crippen LogP contribution in [-0.4, -0.2) is 38.2 Å². The van der Waals surface area contributed by atoms with E-state index in [2.05, 4.69) is 14.1 Å². The molecule has 38 heavy (non-hydrogen) atoms. The molecule has 0 aliphatic carbocycles. The first-order valence-corrected chi connectivity index (χ1v) is 12.4. The maximum Gasteiger partial charge on any atom is 0.287 e. The van der Waals surface area contributed by atoms with Crippen molar-refractivity contribution in [3.05, 3.63) is 107 Å². The van der Waals surface area contributed by atoms with Gasteiger partial charge in [-0.3, -0.25) is 19.2 Å². The Morgan fingerprint density at radius 3 is 2.21 bits per heavy atom. The summed E-state index contributed by atoms with van der Waals surface area (Å²) in [5.74, 6) is -3.19. The molecule has 0 saturated carbocycles. The number of carbonyl (C=O) groups excluding carboxylic acids is 4. The van der Waals surface area contributed by atoms with Crippen LogP contribution in [0.2, 0.25) is 0 Å². The van der Waals surface area contributed by atoms with E-state index in [-0.39, 0.29) is 24.3 Å². The number of Topliss-reactive ketones (excluding diaryl/α,β-unsaturated/α-hetero) is 2. The smallest absolute Gasteiger partial charge is 0.287 e. The number of amides is 2. The van der Waals surface area contributed by atoms with Crippen LogP contribution in [0.4, 0.5) is 4.39 Å². The van der Waals surface area contributed by atoms with Gasteiger partial charge in [0, 0.05) is 24.0 Å². The van der Waals surface area contributed by atoms with Crippen LogP contribution >= 0.6 is 11.7 Å². The molecule has 0 aliphatic heterocycles. The second-order valence-electron chi connectivity index (χ2n) is 8.53. The van der Waals surface area contributed by atoms with Crippen LogP contribution in [0.25, 0.3) is 11.3 Å². The number of nitrogens with one attached hydrogen (secondary N) is 1. The molecule has 4 rings (SSSR count). The van der Waals surface area contributed by atoms with Crippen molar-refractivity contribution in [3.8, 4) is 11.3 Å². The van der Waals surface area contributed by atoms with Crippen molar-refractivity contribution in [2.45, 2.75) is 25.3 Å². The fraction of sp³-hybridized carbons (Fsp3) is 0.143. The molecule has 1 heterocycles. The van der Waals surface area contributed by atoms with Crippen LogP contribution in [-0.2, 0) is 22.4 Å². The first-order valence-electron chi connectivity index (χ1n) is 11.7. The summed E-state index contributed by atoms with van der Waals surface area (Å²) >= 11 is 0.843. The number of aryl methyl sites for hydroxylation is 1. The zero-order valence-corrected chi connectivity index (χ0v) is 20.9. The molecule has 0 fully saturated rings. The monoisotopic (exact) mass is 530 g/mol. The standard InChI is InChI=1S/C28H23FN4O4S/c29-21-13-11-19(12-14-21)23(34)15-8-17-6-9-20(10-7-17)24-25(33-38-32-24)28(37)31-22(26(35)27(30)36)16-18-4-2-1-3-5-18/h1-7,9-14,22H,8,15-16H2,(H2,30,36)(H,31,37). The molecule has 192 valence electrons. The van der Waals surface area contributed by atoms with Gasteiger partial charge in [0.05, 0.1) is 11.7 Å². The number of benzene rings is 3. The summed E-state index contributed by atoms with van der Waals surface area (Å²) < 4.78 is 21.4. The number of nitrogens with zero attached hydrogens (tertiary/aromatic N) is 2. The predicted octanol–water partition coefficient (Wildman–Crippen LogP) is 3.56. The number of halogens is 1. The lowest BCUT2D eigenvalue weighted by Crippen LogP contribution is -2.47. The van der Waals surface area contributed by atoms with Gasteiger partial charge >= 0.3 is 0 Å². The zero-order chi connectivity index (χ0) is 27.1. The third kappa shape index (κ3) is 6.60.